The normalized spacial score (nSPS) is 16.5. The molecule has 3 aromatic carbocycles. The number of carbonyl (C=O) groups is 3. The van der Waals surface area contributed by atoms with E-state index in [-0.39, 0.29) is 18.4 Å². The van der Waals surface area contributed by atoms with E-state index in [1.165, 1.54) is 11.0 Å². The molecule has 2 amide bonds. The van der Waals surface area contributed by atoms with Crippen molar-refractivity contribution in [2.45, 2.75) is 24.8 Å². The monoisotopic (exact) mass is 534 g/mol. The second-order valence-corrected chi connectivity index (χ2v) is 9.49. The lowest BCUT2D eigenvalue weighted by atomic mass is 9.98. The van der Waals surface area contributed by atoms with Gasteiger partial charge in [0, 0.05) is 22.5 Å². The third-order valence-electron chi connectivity index (χ3n) is 6.59. The van der Waals surface area contributed by atoms with Crippen molar-refractivity contribution in [3.8, 4) is 11.1 Å². The van der Waals surface area contributed by atoms with E-state index in [1.54, 1.807) is 12.1 Å². The minimum Gasteiger partial charge on any atom is -0.480 e. The molecule has 5 rings (SSSR count). The first-order valence-corrected chi connectivity index (χ1v) is 12.2. The Morgan fingerprint density at radius 3 is 2.31 bits per heavy atom. The zero-order valence-electron chi connectivity index (χ0n) is 18.7. The highest BCUT2D eigenvalue weighted by Crippen LogP contribution is 2.44. The van der Waals surface area contributed by atoms with E-state index in [0.29, 0.717) is 35.1 Å². The summed E-state index contributed by atoms with van der Waals surface area (Å²) in [5, 5.41) is 12.1. The number of carboxylic acid groups (broad SMARTS) is 1. The lowest BCUT2D eigenvalue weighted by molar-refractivity contribution is -0.141. The first-order valence-electron chi connectivity index (χ1n) is 11.4. The van der Waals surface area contributed by atoms with Gasteiger partial charge < -0.3 is 14.7 Å². The molecule has 3 aromatic rings. The Hall–Kier alpha value is -3.65. The van der Waals surface area contributed by atoms with Crippen molar-refractivity contribution in [3.05, 3.63) is 87.9 Å². The summed E-state index contributed by atoms with van der Waals surface area (Å²) in [5.41, 5.74) is 5.21. The number of anilines is 1. The van der Waals surface area contributed by atoms with Crippen LogP contribution in [-0.2, 0) is 9.53 Å². The Labute approximate surface area is 210 Å². The molecular weight excluding hydrogens is 512 g/mol. The van der Waals surface area contributed by atoms with Gasteiger partial charge in [-0.2, -0.15) is 0 Å². The number of carbonyl (C=O) groups excluding carboxylic acids is 2. The van der Waals surface area contributed by atoms with Gasteiger partial charge in [-0.25, -0.2) is 9.59 Å². The summed E-state index contributed by atoms with van der Waals surface area (Å²) >= 11 is 3.40. The highest BCUT2D eigenvalue weighted by molar-refractivity contribution is 9.10. The zero-order chi connectivity index (χ0) is 24.5. The molecule has 0 aromatic heterocycles. The van der Waals surface area contributed by atoms with Crippen molar-refractivity contribution in [1.29, 1.82) is 0 Å². The maximum atomic E-state index is 12.9. The van der Waals surface area contributed by atoms with Gasteiger partial charge in [-0.1, -0.05) is 48.5 Å². The van der Waals surface area contributed by atoms with Gasteiger partial charge in [-0.05, 0) is 69.2 Å². The molecular formula is C27H23BrN2O5. The van der Waals surface area contributed by atoms with Gasteiger partial charge in [0.25, 0.3) is 5.91 Å². The molecule has 2 aliphatic rings. The Morgan fingerprint density at radius 2 is 1.66 bits per heavy atom. The van der Waals surface area contributed by atoms with Crippen LogP contribution >= 0.6 is 15.9 Å². The predicted octanol–water partition coefficient (Wildman–Crippen LogP) is 5.50. The highest BCUT2D eigenvalue weighted by Gasteiger charge is 2.34. The van der Waals surface area contributed by atoms with Crippen molar-refractivity contribution in [2.75, 3.05) is 18.5 Å². The van der Waals surface area contributed by atoms with E-state index >= 15 is 0 Å². The standard InChI is InChI=1S/C27H23BrN2O5/c28-22-12-11-16(25(31)30-13-5-10-24(30)26(32)33)14-23(22)29-27(34)35-15-21-19-8-3-1-6-17(19)18-7-2-4-9-20(18)21/h1-4,6-9,11-12,14,21,24H,5,10,13,15H2,(H,29,34)(H,32,33)/t24-/m1/s1. The van der Waals surface area contributed by atoms with Gasteiger partial charge in [-0.15, -0.1) is 0 Å². The number of rotatable bonds is 5. The number of carboxylic acids is 1. The summed E-state index contributed by atoms with van der Waals surface area (Å²) < 4.78 is 6.19. The molecule has 0 bridgehead atoms. The first kappa shape index (κ1) is 23.1. The lowest BCUT2D eigenvalue weighted by Gasteiger charge is -2.22. The van der Waals surface area contributed by atoms with E-state index < -0.39 is 18.1 Å². The molecule has 2 N–H and O–H groups in total. The molecule has 1 aliphatic heterocycles. The fraction of sp³-hybridized carbons (Fsp3) is 0.222. The third kappa shape index (κ3) is 4.41. The van der Waals surface area contributed by atoms with Crippen molar-refractivity contribution >= 4 is 39.6 Å². The van der Waals surface area contributed by atoms with Gasteiger partial charge in [-0.3, -0.25) is 10.1 Å². The zero-order valence-corrected chi connectivity index (χ0v) is 20.3. The van der Waals surface area contributed by atoms with Gasteiger partial charge in [0.1, 0.15) is 12.6 Å². The van der Waals surface area contributed by atoms with Crippen molar-refractivity contribution in [3.63, 3.8) is 0 Å². The number of aliphatic carboxylic acids is 1. The Morgan fingerprint density at radius 1 is 1.00 bits per heavy atom. The van der Waals surface area contributed by atoms with Crippen LogP contribution in [0.15, 0.2) is 71.2 Å². The van der Waals surface area contributed by atoms with E-state index in [2.05, 4.69) is 45.5 Å². The predicted molar refractivity (Wildman–Crippen MR) is 135 cm³/mol. The number of ether oxygens (including phenoxy) is 1. The molecule has 178 valence electrons. The van der Waals surface area contributed by atoms with Crippen LogP contribution in [0.1, 0.15) is 40.2 Å². The van der Waals surface area contributed by atoms with Crippen LogP contribution in [0.2, 0.25) is 0 Å². The summed E-state index contributed by atoms with van der Waals surface area (Å²) in [6.07, 6.45) is 0.439. The van der Waals surface area contributed by atoms with Crippen molar-refractivity contribution in [1.82, 2.24) is 4.90 Å². The van der Waals surface area contributed by atoms with Crippen LogP contribution in [0.25, 0.3) is 11.1 Å². The molecule has 7 nitrogen and oxygen atoms in total. The Balaban J connectivity index is 1.29. The third-order valence-corrected chi connectivity index (χ3v) is 7.28. The van der Waals surface area contributed by atoms with E-state index in [0.717, 1.165) is 22.3 Å². The van der Waals surface area contributed by atoms with Gasteiger partial charge >= 0.3 is 12.1 Å². The highest BCUT2D eigenvalue weighted by atomic mass is 79.9. The second-order valence-electron chi connectivity index (χ2n) is 8.64. The minimum absolute atomic E-state index is 0.0624. The van der Waals surface area contributed by atoms with Gasteiger partial charge in [0.15, 0.2) is 0 Å². The summed E-state index contributed by atoms with van der Waals surface area (Å²) in [4.78, 5) is 38.5. The number of halogens is 1. The molecule has 1 aliphatic carbocycles. The van der Waals surface area contributed by atoms with Crippen LogP contribution in [0.5, 0.6) is 0 Å². The molecule has 1 fully saturated rings. The Bertz CT molecular complexity index is 1280. The van der Waals surface area contributed by atoms with Crippen LogP contribution in [0.4, 0.5) is 10.5 Å². The van der Waals surface area contributed by atoms with E-state index in [1.807, 2.05) is 24.3 Å². The number of amides is 2. The van der Waals surface area contributed by atoms with E-state index in [9.17, 15) is 19.5 Å². The first-order chi connectivity index (χ1) is 16.9. The summed E-state index contributed by atoms with van der Waals surface area (Å²) in [5.74, 6) is -1.45. The average Bonchev–Trinajstić information content (AvgIpc) is 3.47. The largest absolute Gasteiger partial charge is 0.480 e. The fourth-order valence-corrected chi connectivity index (χ4v) is 5.28. The van der Waals surface area contributed by atoms with Crippen LogP contribution in [-0.4, -0.2) is 47.2 Å². The number of likely N-dealkylation sites (tertiary alicyclic amines) is 1. The molecule has 0 saturated carbocycles. The Kier molecular flexibility index (Phi) is 6.30. The molecule has 0 radical (unpaired) electrons. The summed E-state index contributed by atoms with van der Waals surface area (Å²) in [7, 11) is 0. The quantitative estimate of drug-likeness (QED) is 0.450. The number of nitrogens with one attached hydrogen (secondary N) is 1. The molecule has 1 saturated heterocycles. The fourth-order valence-electron chi connectivity index (χ4n) is 4.93. The second kappa shape index (κ2) is 9.54. The number of fused-ring (bicyclic) bond motifs is 3. The maximum absolute atomic E-state index is 12.9. The SMILES string of the molecule is O=C(Nc1cc(C(=O)N2CCC[C@@H]2C(=O)O)ccc1Br)OCC1c2ccccc2-c2ccccc21. The lowest BCUT2D eigenvalue weighted by Crippen LogP contribution is -2.40. The van der Waals surface area contributed by atoms with Crippen LogP contribution < -0.4 is 5.32 Å². The smallest absolute Gasteiger partial charge is 0.411 e. The van der Waals surface area contributed by atoms with E-state index in [4.69, 9.17) is 4.74 Å². The van der Waals surface area contributed by atoms with Crippen molar-refractivity contribution in [2.24, 2.45) is 0 Å². The molecule has 1 heterocycles. The number of benzene rings is 3. The van der Waals surface area contributed by atoms with Gasteiger partial charge in [0.2, 0.25) is 0 Å². The number of nitrogens with zero attached hydrogens (tertiary/aromatic N) is 1. The molecule has 0 unspecified atom stereocenters. The molecule has 8 heteroatoms. The van der Waals surface area contributed by atoms with Crippen LogP contribution in [0.3, 0.4) is 0 Å². The van der Waals surface area contributed by atoms with Crippen molar-refractivity contribution < 1.29 is 24.2 Å². The summed E-state index contributed by atoms with van der Waals surface area (Å²) in [6.45, 7) is 0.561. The molecule has 35 heavy (non-hydrogen) atoms. The average molecular weight is 535 g/mol. The number of hydrogen-bond donors (Lipinski definition) is 2. The topological polar surface area (TPSA) is 95.9 Å². The maximum Gasteiger partial charge on any atom is 0.411 e. The molecule has 1 atom stereocenters. The number of hydrogen-bond acceptors (Lipinski definition) is 4. The van der Waals surface area contributed by atoms with Gasteiger partial charge in [0.05, 0.1) is 5.69 Å². The van der Waals surface area contributed by atoms with Crippen LogP contribution in [0, 0.1) is 0 Å². The summed E-state index contributed by atoms with van der Waals surface area (Å²) in [6, 6.07) is 20.2. The minimum atomic E-state index is -1.01. The molecule has 0 spiro atoms.